The monoisotopic (exact) mass is 609 g/mol. The summed E-state index contributed by atoms with van der Waals surface area (Å²) < 4.78 is 13.2. The highest BCUT2D eigenvalue weighted by atomic mass is 35.5. The number of aromatic carboxylic acids is 1. The van der Waals surface area contributed by atoms with E-state index >= 15 is 0 Å². The van der Waals surface area contributed by atoms with E-state index in [1.54, 1.807) is 42.1 Å². The zero-order valence-corrected chi connectivity index (χ0v) is 24.4. The van der Waals surface area contributed by atoms with E-state index in [2.05, 4.69) is 16.3 Å². The number of aromatic nitrogens is 3. The van der Waals surface area contributed by atoms with Crippen LogP contribution in [0.3, 0.4) is 0 Å². The van der Waals surface area contributed by atoms with Crippen LogP contribution >= 0.6 is 34.8 Å². The molecule has 0 bridgehead atoms. The van der Waals surface area contributed by atoms with Crippen molar-refractivity contribution in [1.29, 1.82) is 0 Å². The Hall–Kier alpha value is -3.52. The van der Waals surface area contributed by atoms with Gasteiger partial charge in [0.25, 0.3) is 0 Å². The van der Waals surface area contributed by atoms with Crippen molar-refractivity contribution in [2.24, 2.45) is 7.05 Å². The average Bonchev–Trinajstić information content (AvgIpc) is 3.89. The number of carboxylic acid groups (broad SMARTS) is 1. The number of hydrogen-bond acceptors (Lipinski definition) is 5. The normalized spacial score (nSPS) is 14.5. The summed E-state index contributed by atoms with van der Waals surface area (Å²) in [6, 6.07) is 18.6. The Morgan fingerprint density at radius 2 is 1.71 bits per heavy atom. The second kappa shape index (κ2) is 11.4. The number of fused-ring (bicyclic) bond motifs is 1. The van der Waals surface area contributed by atoms with Gasteiger partial charge in [-0.05, 0) is 73.6 Å². The van der Waals surface area contributed by atoms with Crippen LogP contribution in [0.2, 0.25) is 15.1 Å². The van der Waals surface area contributed by atoms with E-state index in [-0.39, 0.29) is 5.69 Å². The summed E-state index contributed by atoms with van der Waals surface area (Å²) in [6.07, 6.45) is 4.67. The first-order valence-electron chi connectivity index (χ1n) is 13.3. The standard InChI is InChI=1S/C19H14Cl3NO2.C12H12N2O2/c20-12-3-1-4-13(9-12)24-10-14-18(23-25-19(14)11-7-8-11)17-15(21)5-2-6-16(17)22;1-14-10-6-8(7-2-3-7)4-5-9(10)11(13-14)12(15)16/h1-6,9,11H,7-8,10H2;4-7H,2-3H2,1H3,(H,15,16). The average molecular weight is 611 g/mol. The predicted molar refractivity (Wildman–Crippen MR) is 159 cm³/mol. The van der Waals surface area contributed by atoms with Crippen molar-refractivity contribution in [3.8, 4) is 17.0 Å². The minimum atomic E-state index is -0.968. The molecule has 1 N–H and O–H groups in total. The molecule has 0 unspecified atom stereocenters. The number of benzene rings is 3. The van der Waals surface area contributed by atoms with Crippen LogP contribution < -0.4 is 4.74 Å². The quantitative estimate of drug-likeness (QED) is 0.198. The second-order valence-corrected chi connectivity index (χ2v) is 11.6. The third-order valence-electron chi connectivity index (χ3n) is 7.27. The molecule has 3 aromatic carbocycles. The molecule has 7 nitrogen and oxygen atoms in total. The molecule has 2 heterocycles. The molecule has 2 aliphatic rings. The third-order valence-corrected chi connectivity index (χ3v) is 8.14. The Bertz CT molecular complexity index is 1730. The predicted octanol–water partition coefficient (Wildman–Crippen LogP) is 8.91. The van der Waals surface area contributed by atoms with Gasteiger partial charge in [-0.1, -0.05) is 64.2 Å². The molecule has 210 valence electrons. The highest BCUT2D eigenvalue weighted by molar-refractivity contribution is 6.39. The summed E-state index contributed by atoms with van der Waals surface area (Å²) in [6.45, 7) is 0.312. The topological polar surface area (TPSA) is 90.4 Å². The van der Waals surface area contributed by atoms with Gasteiger partial charge >= 0.3 is 5.97 Å². The summed E-state index contributed by atoms with van der Waals surface area (Å²) in [7, 11) is 1.78. The molecule has 10 heteroatoms. The Labute approximate surface area is 251 Å². The summed E-state index contributed by atoms with van der Waals surface area (Å²) in [5.74, 6) is 1.64. The van der Waals surface area contributed by atoms with E-state index in [4.69, 9.17) is 49.2 Å². The third kappa shape index (κ3) is 5.94. The highest BCUT2D eigenvalue weighted by Gasteiger charge is 2.33. The number of carbonyl (C=O) groups is 1. The largest absolute Gasteiger partial charge is 0.489 e. The molecule has 0 atom stereocenters. The fourth-order valence-electron chi connectivity index (χ4n) is 4.86. The molecule has 2 saturated carbocycles. The van der Waals surface area contributed by atoms with Crippen molar-refractivity contribution in [1.82, 2.24) is 14.9 Å². The zero-order chi connectivity index (χ0) is 28.7. The summed E-state index contributed by atoms with van der Waals surface area (Å²) in [4.78, 5) is 11.0. The van der Waals surface area contributed by atoms with Crippen LogP contribution in [-0.2, 0) is 13.7 Å². The fraction of sp³-hybridized carbons (Fsp3) is 0.258. The number of aryl methyl sites for hydroxylation is 1. The maximum Gasteiger partial charge on any atom is 0.357 e. The van der Waals surface area contributed by atoms with Crippen LogP contribution in [0.15, 0.2) is 65.2 Å². The number of ether oxygens (including phenoxy) is 1. The zero-order valence-electron chi connectivity index (χ0n) is 22.1. The highest BCUT2D eigenvalue weighted by Crippen LogP contribution is 2.46. The van der Waals surface area contributed by atoms with E-state index in [0.717, 1.165) is 35.1 Å². The van der Waals surface area contributed by atoms with Gasteiger partial charge < -0.3 is 14.4 Å². The lowest BCUT2D eigenvalue weighted by Crippen LogP contribution is -2.00. The van der Waals surface area contributed by atoms with Gasteiger partial charge in [-0.25, -0.2) is 4.79 Å². The molecule has 41 heavy (non-hydrogen) atoms. The Kier molecular flexibility index (Phi) is 7.68. The molecule has 0 spiro atoms. The Morgan fingerprint density at radius 3 is 2.37 bits per heavy atom. The molecule has 2 aromatic heterocycles. The van der Waals surface area contributed by atoms with Gasteiger partial charge in [-0.15, -0.1) is 0 Å². The van der Waals surface area contributed by atoms with Crippen molar-refractivity contribution in [3.05, 3.63) is 98.3 Å². The Balaban J connectivity index is 0.000000162. The molecule has 7 rings (SSSR count). The van der Waals surface area contributed by atoms with E-state index in [0.29, 0.717) is 50.5 Å². The number of carboxylic acids is 1. The molecule has 0 radical (unpaired) electrons. The minimum Gasteiger partial charge on any atom is -0.489 e. The first kappa shape index (κ1) is 27.6. The van der Waals surface area contributed by atoms with E-state index in [1.807, 2.05) is 24.3 Å². The maximum absolute atomic E-state index is 11.0. The van der Waals surface area contributed by atoms with Crippen molar-refractivity contribution in [2.45, 2.75) is 44.1 Å². The van der Waals surface area contributed by atoms with Crippen LogP contribution in [0.25, 0.3) is 22.2 Å². The smallest absolute Gasteiger partial charge is 0.357 e. The molecule has 0 saturated heterocycles. The number of nitrogens with zero attached hydrogens (tertiary/aromatic N) is 3. The van der Waals surface area contributed by atoms with Gasteiger partial charge in [0.05, 0.1) is 21.1 Å². The lowest BCUT2D eigenvalue weighted by molar-refractivity contribution is 0.0691. The van der Waals surface area contributed by atoms with Gasteiger partial charge in [0, 0.05) is 28.9 Å². The van der Waals surface area contributed by atoms with Crippen LogP contribution in [-0.4, -0.2) is 26.0 Å². The van der Waals surface area contributed by atoms with Gasteiger partial charge in [-0.2, -0.15) is 5.10 Å². The van der Waals surface area contributed by atoms with Crippen LogP contribution in [0.5, 0.6) is 5.75 Å². The molecular weight excluding hydrogens is 585 g/mol. The van der Waals surface area contributed by atoms with Crippen molar-refractivity contribution in [3.63, 3.8) is 0 Å². The molecule has 0 amide bonds. The maximum atomic E-state index is 11.0. The van der Waals surface area contributed by atoms with E-state index in [9.17, 15) is 4.79 Å². The van der Waals surface area contributed by atoms with Gasteiger partial charge in [-0.3, -0.25) is 4.68 Å². The number of hydrogen-bond donors (Lipinski definition) is 1. The fourth-order valence-corrected chi connectivity index (χ4v) is 5.62. The lowest BCUT2D eigenvalue weighted by atomic mass is 10.0. The molecule has 0 aliphatic heterocycles. The van der Waals surface area contributed by atoms with Crippen LogP contribution in [0.1, 0.15) is 64.9 Å². The number of rotatable bonds is 7. The van der Waals surface area contributed by atoms with Crippen molar-refractivity contribution < 1.29 is 19.2 Å². The first-order chi connectivity index (χ1) is 19.8. The summed E-state index contributed by atoms with van der Waals surface area (Å²) >= 11 is 18.7. The molecule has 2 aliphatic carbocycles. The first-order valence-corrected chi connectivity index (χ1v) is 14.4. The molecule has 2 fully saturated rings. The van der Waals surface area contributed by atoms with Gasteiger partial charge in [0.15, 0.2) is 5.69 Å². The van der Waals surface area contributed by atoms with Crippen molar-refractivity contribution in [2.75, 3.05) is 0 Å². The van der Waals surface area contributed by atoms with Gasteiger partial charge in [0.1, 0.15) is 23.8 Å². The molecular formula is C31H26Cl3N3O4. The second-order valence-electron chi connectivity index (χ2n) is 10.3. The van der Waals surface area contributed by atoms with Crippen LogP contribution in [0, 0.1) is 0 Å². The van der Waals surface area contributed by atoms with Crippen molar-refractivity contribution >= 4 is 51.7 Å². The summed E-state index contributed by atoms with van der Waals surface area (Å²) in [5, 5.41) is 19.7. The summed E-state index contributed by atoms with van der Waals surface area (Å²) in [5.41, 5.74) is 4.54. The molecule has 5 aromatic rings. The SMILES string of the molecule is Clc1cccc(OCc2c(-c3c(Cl)cccc3Cl)noc2C2CC2)c1.Cn1nc(C(=O)O)c2ccc(C3CC3)cc21. The van der Waals surface area contributed by atoms with Crippen LogP contribution in [0.4, 0.5) is 0 Å². The van der Waals surface area contributed by atoms with E-state index in [1.165, 1.54) is 18.4 Å². The minimum absolute atomic E-state index is 0.139. The Morgan fingerprint density at radius 1 is 1.00 bits per heavy atom. The van der Waals surface area contributed by atoms with Gasteiger partial charge in [0.2, 0.25) is 0 Å². The lowest BCUT2D eigenvalue weighted by Gasteiger charge is -2.09. The number of halogens is 3. The van der Waals surface area contributed by atoms with E-state index < -0.39 is 5.97 Å².